The normalized spacial score (nSPS) is 14.3. The second-order valence-electron chi connectivity index (χ2n) is 10.6. The molecule has 0 amide bonds. The molecule has 0 aliphatic carbocycles. The summed E-state index contributed by atoms with van der Waals surface area (Å²) in [5.74, 6) is -0.227. The molecule has 0 fully saturated rings. The summed E-state index contributed by atoms with van der Waals surface area (Å²) in [4.78, 5) is 42.4. The van der Waals surface area contributed by atoms with Crippen LogP contribution in [0, 0.1) is 10.1 Å². The summed E-state index contributed by atoms with van der Waals surface area (Å²) in [6, 6.07) is 26.6. The van der Waals surface area contributed by atoms with Crippen LogP contribution < -0.4 is 5.32 Å². The molecule has 0 radical (unpaired) electrons. The molecule has 9 nitrogen and oxygen atoms in total. The van der Waals surface area contributed by atoms with Gasteiger partial charge in [-0.05, 0) is 50.1 Å². The Kier molecular flexibility index (Phi) is 15.4. The van der Waals surface area contributed by atoms with Crippen molar-refractivity contribution in [3.63, 3.8) is 0 Å². The van der Waals surface area contributed by atoms with E-state index in [1.807, 2.05) is 59.9 Å². The molecular weight excluding hydrogens is 658 g/mol. The number of non-ortho nitro benzene ring substituents is 1. The Morgan fingerprint density at radius 3 is 1.91 bits per heavy atom. The average Bonchev–Trinajstić information content (AvgIpc) is 3.06. The maximum Gasteiger partial charge on any atom is 0.336 e. The van der Waals surface area contributed by atoms with Gasteiger partial charge >= 0.3 is 11.9 Å². The first-order valence-corrected chi connectivity index (χ1v) is 17.0. The van der Waals surface area contributed by atoms with Gasteiger partial charge in [0.2, 0.25) is 0 Å². The highest BCUT2D eigenvalue weighted by Gasteiger charge is 2.38. The Morgan fingerprint density at radius 2 is 1.38 bits per heavy atom. The van der Waals surface area contributed by atoms with Gasteiger partial charge in [-0.3, -0.25) is 10.1 Å². The van der Waals surface area contributed by atoms with Crippen LogP contribution in [0.4, 0.5) is 5.69 Å². The van der Waals surface area contributed by atoms with E-state index in [1.54, 1.807) is 26.0 Å². The Hall–Kier alpha value is -3.77. The van der Waals surface area contributed by atoms with E-state index < -0.39 is 22.8 Å². The zero-order valence-electron chi connectivity index (χ0n) is 26.7. The van der Waals surface area contributed by atoms with Crippen molar-refractivity contribution in [2.24, 2.45) is 0 Å². The number of halogens is 1. The van der Waals surface area contributed by atoms with Crippen molar-refractivity contribution in [3.05, 3.63) is 123 Å². The van der Waals surface area contributed by atoms with Crippen LogP contribution in [0.15, 0.2) is 117 Å². The molecule has 12 heteroatoms. The fraction of sp³-hybridized carbons (Fsp3) is 0.314. The maximum atomic E-state index is 13.6. The topological polar surface area (TPSA) is 111 Å². The number of carbonyl (C=O) groups is 2. The minimum Gasteiger partial charge on any atom is -0.466 e. The van der Waals surface area contributed by atoms with Crippen molar-refractivity contribution < 1.29 is 24.0 Å². The van der Waals surface area contributed by atoms with Crippen LogP contribution in [0.25, 0.3) is 0 Å². The second-order valence-corrected chi connectivity index (χ2v) is 13.0. The number of ether oxygens (including phenoxy) is 2. The van der Waals surface area contributed by atoms with Crippen LogP contribution in [-0.4, -0.2) is 66.6 Å². The summed E-state index contributed by atoms with van der Waals surface area (Å²) in [5.41, 5.74) is 1.75. The Balaban J connectivity index is 0.00000600. The molecule has 1 unspecified atom stereocenters. The molecule has 3 aromatic carbocycles. The fourth-order valence-electron chi connectivity index (χ4n) is 5.28. The molecule has 4 rings (SSSR count). The monoisotopic (exact) mass is 697 g/mol. The number of nitrogens with one attached hydrogen (secondary N) is 1. The lowest BCUT2D eigenvalue weighted by atomic mass is 9.80. The van der Waals surface area contributed by atoms with Crippen LogP contribution in [0.5, 0.6) is 0 Å². The van der Waals surface area contributed by atoms with E-state index in [9.17, 15) is 19.7 Å². The standard InChI is InChI=1S/C35H39N3O6S2.ClH/c1-25-31(34(39)43-3)33(27-12-10-13-28(24-27)38(41)42)32(26(2)36-25)35(40)44-21-11-18-37(19-22-45-29-14-6-4-7-15-29)20-23-46-30-16-8-5-9-17-30;/h4-10,12-17,24,33,36H,11,18-23H2,1-3H3;1H. The van der Waals surface area contributed by atoms with Crippen molar-refractivity contribution >= 4 is 53.6 Å². The number of nitrogens with zero attached hydrogens (tertiary/aromatic N) is 2. The molecule has 250 valence electrons. The molecule has 1 aliphatic heterocycles. The second kappa shape index (κ2) is 19.1. The van der Waals surface area contributed by atoms with Gasteiger partial charge in [0, 0.05) is 64.5 Å². The van der Waals surface area contributed by atoms with Gasteiger partial charge in [0.1, 0.15) is 0 Å². The van der Waals surface area contributed by atoms with E-state index in [-0.39, 0.29) is 35.8 Å². The first-order chi connectivity index (χ1) is 22.3. The van der Waals surface area contributed by atoms with E-state index in [1.165, 1.54) is 29.0 Å². The molecule has 0 aromatic heterocycles. The number of hydrogen-bond donors (Lipinski definition) is 1. The number of carbonyl (C=O) groups excluding carboxylic acids is 2. The van der Waals surface area contributed by atoms with Crippen molar-refractivity contribution in [3.8, 4) is 0 Å². The van der Waals surface area contributed by atoms with Crippen molar-refractivity contribution in [2.75, 3.05) is 44.9 Å². The number of rotatable bonds is 16. The van der Waals surface area contributed by atoms with E-state index in [0.29, 0.717) is 23.4 Å². The van der Waals surface area contributed by atoms with Crippen molar-refractivity contribution in [1.29, 1.82) is 0 Å². The fourth-order valence-corrected chi connectivity index (χ4v) is 7.15. The summed E-state index contributed by atoms with van der Waals surface area (Å²) in [7, 11) is 1.26. The molecular formula is C35H40ClN3O6S2. The van der Waals surface area contributed by atoms with Crippen LogP contribution in [0.1, 0.15) is 31.7 Å². The largest absolute Gasteiger partial charge is 0.466 e. The Bertz CT molecular complexity index is 1520. The molecule has 47 heavy (non-hydrogen) atoms. The van der Waals surface area contributed by atoms with Gasteiger partial charge in [-0.15, -0.1) is 35.9 Å². The molecule has 3 aromatic rings. The number of nitro benzene ring substituents is 1. The predicted molar refractivity (Wildman–Crippen MR) is 190 cm³/mol. The third kappa shape index (κ3) is 10.9. The molecule has 0 spiro atoms. The summed E-state index contributed by atoms with van der Waals surface area (Å²) in [6.07, 6.45) is 0.623. The molecule has 0 saturated heterocycles. The molecule has 1 atom stereocenters. The smallest absolute Gasteiger partial charge is 0.336 e. The van der Waals surface area contributed by atoms with Crippen LogP contribution in [-0.2, 0) is 19.1 Å². The third-order valence-electron chi connectivity index (χ3n) is 7.49. The summed E-state index contributed by atoms with van der Waals surface area (Å²) >= 11 is 3.63. The lowest BCUT2D eigenvalue weighted by Gasteiger charge is -2.30. The zero-order valence-corrected chi connectivity index (χ0v) is 29.1. The van der Waals surface area contributed by atoms with Crippen LogP contribution >= 0.6 is 35.9 Å². The lowest BCUT2D eigenvalue weighted by molar-refractivity contribution is -0.384. The summed E-state index contributed by atoms with van der Waals surface area (Å²) < 4.78 is 10.8. The number of hydrogen-bond acceptors (Lipinski definition) is 10. The van der Waals surface area contributed by atoms with Gasteiger partial charge in [-0.1, -0.05) is 48.5 Å². The van der Waals surface area contributed by atoms with Crippen LogP contribution in [0.3, 0.4) is 0 Å². The van der Waals surface area contributed by atoms with E-state index in [0.717, 1.165) is 31.1 Å². The maximum absolute atomic E-state index is 13.6. The molecule has 1 aliphatic rings. The first kappa shape index (κ1) is 37.7. The third-order valence-corrected chi connectivity index (χ3v) is 9.48. The minimum atomic E-state index is -0.886. The van der Waals surface area contributed by atoms with E-state index >= 15 is 0 Å². The van der Waals surface area contributed by atoms with E-state index in [2.05, 4.69) is 34.5 Å². The number of thioether (sulfide) groups is 2. The van der Waals surface area contributed by atoms with Crippen LogP contribution in [0.2, 0.25) is 0 Å². The quantitative estimate of drug-likeness (QED) is 0.0541. The molecule has 1 heterocycles. The van der Waals surface area contributed by atoms with Gasteiger partial charge in [0.05, 0.1) is 35.7 Å². The number of nitro groups is 1. The lowest BCUT2D eigenvalue weighted by Crippen LogP contribution is -2.33. The molecule has 1 N–H and O–H groups in total. The predicted octanol–water partition coefficient (Wildman–Crippen LogP) is 7.24. The average molecular weight is 698 g/mol. The van der Waals surface area contributed by atoms with Gasteiger partial charge in [0.15, 0.2) is 0 Å². The Labute approximate surface area is 290 Å². The van der Waals surface area contributed by atoms with Gasteiger partial charge < -0.3 is 19.7 Å². The summed E-state index contributed by atoms with van der Waals surface area (Å²) in [5, 5.41) is 14.6. The number of allylic oxidation sites excluding steroid dienone is 2. The molecule has 0 bridgehead atoms. The number of esters is 2. The Morgan fingerprint density at radius 1 is 0.830 bits per heavy atom. The highest BCUT2D eigenvalue weighted by molar-refractivity contribution is 7.99. The van der Waals surface area contributed by atoms with Crippen molar-refractivity contribution in [2.45, 2.75) is 36.0 Å². The van der Waals surface area contributed by atoms with Crippen molar-refractivity contribution in [1.82, 2.24) is 10.2 Å². The van der Waals surface area contributed by atoms with Gasteiger partial charge in [-0.25, -0.2) is 9.59 Å². The SMILES string of the molecule is COC(=O)C1=C(C)NC(C)=C(C(=O)OCCCN(CCSc2ccccc2)CCSc2ccccc2)C1c1cccc([N+](=O)[O-])c1.Cl. The number of dihydropyridines is 1. The number of benzene rings is 3. The highest BCUT2D eigenvalue weighted by Crippen LogP contribution is 2.40. The van der Waals surface area contributed by atoms with Gasteiger partial charge in [0.25, 0.3) is 5.69 Å². The van der Waals surface area contributed by atoms with Gasteiger partial charge in [-0.2, -0.15) is 0 Å². The minimum absolute atomic E-state index is 0. The van der Waals surface area contributed by atoms with E-state index in [4.69, 9.17) is 9.47 Å². The number of methoxy groups -OCH3 is 1. The first-order valence-electron chi connectivity index (χ1n) is 15.0. The zero-order chi connectivity index (χ0) is 32.9. The highest BCUT2D eigenvalue weighted by atomic mass is 35.5. The molecule has 0 saturated carbocycles. The summed E-state index contributed by atoms with van der Waals surface area (Å²) in [6.45, 7) is 6.14.